The van der Waals surface area contributed by atoms with E-state index < -0.39 is 0 Å². The largest absolute Gasteiger partial charge is 0.378 e. The average Bonchev–Trinajstić information content (AvgIpc) is 2.77. The Kier molecular flexibility index (Phi) is 5.80. The minimum Gasteiger partial charge on any atom is -0.378 e. The van der Waals surface area contributed by atoms with Gasteiger partial charge >= 0.3 is 0 Å². The van der Waals surface area contributed by atoms with Gasteiger partial charge in [-0.3, -0.25) is 9.59 Å². The lowest BCUT2D eigenvalue weighted by Crippen LogP contribution is -2.53. The Balaban J connectivity index is 1.14. The highest BCUT2D eigenvalue weighted by Crippen LogP contribution is 2.60. The van der Waals surface area contributed by atoms with E-state index in [9.17, 15) is 9.59 Å². The summed E-state index contributed by atoms with van der Waals surface area (Å²) >= 11 is 0. The zero-order valence-corrected chi connectivity index (χ0v) is 18.8. The van der Waals surface area contributed by atoms with Crippen LogP contribution in [0, 0.1) is 23.2 Å². The van der Waals surface area contributed by atoms with Crippen LogP contribution < -0.4 is 5.32 Å². The molecule has 6 rings (SSSR count). The summed E-state index contributed by atoms with van der Waals surface area (Å²) in [6.45, 7) is 4.82. The molecule has 5 fully saturated rings. The van der Waals surface area contributed by atoms with Crippen LogP contribution in [0.15, 0.2) is 24.3 Å². The van der Waals surface area contributed by atoms with Crippen LogP contribution in [-0.4, -0.2) is 42.5 Å². The summed E-state index contributed by atoms with van der Waals surface area (Å²) in [7, 11) is 0. The van der Waals surface area contributed by atoms with Gasteiger partial charge in [-0.1, -0.05) is 12.1 Å². The lowest BCUT2D eigenvalue weighted by molar-refractivity contribution is -0.146. The van der Waals surface area contributed by atoms with Crippen molar-refractivity contribution in [3.05, 3.63) is 35.4 Å². The van der Waals surface area contributed by atoms with Crippen molar-refractivity contribution < 1.29 is 14.3 Å². The van der Waals surface area contributed by atoms with Gasteiger partial charge < -0.3 is 15.0 Å². The summed E-state index contributed by atoms with van der Waals surface area (Å²) in [6.07, 6.45) is 9.45. The number of amides is 2. The van der Waals surface area contributed by atoms with Crippen molar-refractivity contribution in [3.63, 3.8) is 0 Å². The molecule has 0 unspecified atom stereocenters. The van der Waals surface area contributed by atoms with E-state index in [2.05, 4.69) is 5.32 Å². The van der Waals surface area contributed by atoms with Crippen LogP contribution in [0.1, 0.15) is 74.2 Å². The molecule has 0 spiro atoms. The topological polar surface area (TPSA) is 58.6 Å². The number of hydrogen-bond acceptors (Lipinski definition) is 3. The van der Waals surface area contributed by atoms with E-state index in [1.165, 1.54) is 19.3 Å². The molecule has 1 heterocycles. The van der Waals surface area contributed by atoms with Gasteiger partial charge in [0.25, 0.3) is 5.91 Å². The van der Waals surface area contributed by atoms with E-state index in [0.717, 1.165) is 80.7 Å². The van der Waals surface area contributed by atoms with Crippen LogP contribution in [-0.2, 0) is 16.1 Å². The zero-order chi connectivity index (χ0) is 21.4. The van der Waals surface area contributed by atoms with Gasteiger partial charge in [0.1, 0.15) is 0 Å². The van der Waals surface area contributed by atoms with Crippen LogP contribution >= 0.6 is 0 Å². The molecule has 4 saturated carbocycles. The second kappa shape index (κ2) is 8.57. The monoisotopic (exact) mass is 424 g/mol. The first-order valence-electron chi connectivity index (χ1n) is 12.3. The number of benzene rings is 1. The van der Waals surface area contributed by atoms with E-state index in [0.29, 0.717) is 6.54 Å². The maximum absolute atomic E-state index is 13.1. The highest BCUT2D eigenvalue weighted by atomic mass is 16.5. The number of carbonyl (C=O) groups is 2. The summed E-state index contributed by atoms with van der Waals surface area (Å²) in [5.74, 6) is 2.70. The zero-order valence-electron chi connectivity index (χ0n) is 18.8. The van der Waals surface area contributed by atoms with Gasteiger partial charge in [0.05, 0.1) is 6.10 Å². The van der Waals surface area contributed by atoms with Crippen molar-refractivity contribution in [2.45, 2.75) is 70.9 Å². The maximum Gasteiger partial charge on any atom is 0.253 e. The maximum atomic E-state index is 13.1. The fourth-order valence-electron chi connectivity index (χ4n) is 7.17. The van der Waals surface area contributed by atoms with Crippen molar-refractivity contribution in [2.75, 3.05) is 19.7 Å². The highest BCUT2D eigenvalue weighted by molar-refractivity contribution is 5.94. The smallest absolute Gasteiger partial charge is 0.253 e. The second-order valence-corrected chi connectivity index (χ2v) is 10.5. The van der Waals surface area contributed by atoms with Gasteiger partial charge in [0.2, 0.25) is 5.91 Å². The molecule has 31 heavy (non-hydrogen) atoms. The number of nitrogens with zero attached hydrogens (tertiary/aromatic N) is 1. The number of ether oxygens (including phenoxy) is 1. The van der Waals surface area contributed by atoms with Crippen LogP contribution in [0.4, 0.5) is 0 Å². The predicted molar refractivity (Wildman–Crippen MR) is 119 cm³/mol. The second-order valence-electron chi connectivity index (χ2n) is 10.5. The van der Waals surface area contributed by atoms with E-state index >= 15 is 0 Å². The van der Waals surface area contributed by atoms with Crippen molar-refractivity contribution >= 4 is 11.8 Å². The molecule has 1 aromatic rings. The molecule has 0 radical (unpaired) electrons. The third-order valence-corrected chi connectivity index (χ3v) is 8.31. The molecular weight excluding hydrogens is 388 g/mol. The lowest BCUT2D eigenvalue weighted by Gasteiger charge is -2.55. The van der Waals surface area contributed by atoms with Crippen molar-refractivity contribution in [1.82, 2.24) is 10.2 Å². The number of hydrogen-bond donors (Lipinski definition) is 1. The van der Waals surface area contributed by atoms with Crippen molar-refractivity contribution in [2.24, 2.45) is 23.2 Å². The highest BCUT2D eigenvalue weighted by Gasteiger charge is 2.54. The molecule has 4 aliphatic carbocycles. The molecule has 5 aliphatic rings. The fraction of sp³-hybridized carbons (Fsp3) is 0.692. The lowest BCUT2D eigenvalue weighted by atomic mass is 9.49. The number of likely N-dealkylation sites (tertiary alicyclic amines) is 1. The number of piperidine rings is 1. The third kappa shape index (κ3) is 4.26. The van der Waals surface area contributed by atoms with E-state index in [1.54, 1.807) is 0 Å². The molecule has 1 aromatic carbocycles. The summed E-state index contributed by atoms with van der Waals surface area (Å²) in [5, 5.41) is 3.24. The molecule has 4 bridgehead atoms. The minimum absolute atomic E-state index is 0.0964. The van der Waals surface area contributed by atoms with Crippen LogP contribution in [0.5, 0.6) is 0 Å². The SMILES string of the molecule is CCOC1CCN(C(=O)c2ccc(CNC(=O)C34CC5CC(CC(C5)C3)C4)cc2)CC1. The molecule has 1 aliphatic heterocycles. The Hall–Kier alpha value is -1.88. The molecule has 1 saturated heterocycles. The van der Waals surface area contributed by atoms with Gasteiger partial charge in [-0.2, -0.15) is 0 Å². The number of rotatable bonds is 6. The molecule has 0 atom stereocenters. The summed E-state index contributed by atoms with van der Waals surface area (Å²) in [4.78, 5) is 27.9. The van der Waals surface area contributed by atoms with Crippen LogP contribution in [0.25, 0.3) is 0 Å². The summed E-state index contributed by atoms with van der Waals surface area (Å²) in [5.41, 5.74) is 1.69. The predicted octanol–water partition coefficient (Wildman–Crippen LogP) is 4.16. The Morgan fingerprint density at radius 2 is 1.58 bits per heavy atom. The van der Waals surface area contributed by atoms with Crippen molar-refractivity contribution in [1.29, 1.82) is 0 Å². The third-order valence-electron chi connectivity index (χ3n) is 8.31. The Bertz CT molecular complexity index is 775. The first kappa shape index (κ1) is 21.0. The minimum atomic E-state index is -0.0989. The van der Waals surface area contributed by atoms with Gasteiger partial charge in [-0.15, -0.1) is 0 Å². The molecule has 5 nitrogen and oxygen atoms in total. The molecular formula is C26H36N2O3. The van der Waals surface area contributed by atoms with Gasteiger partial charge in [-0.05, 0) is 93.7 Å². The van der Waals surface area contributed by atoms with E-state index in [1.807, 2.05) is 36.1 Å². The Morgan fingerprint density at radius 3 is 2.13 bits per heavy atom. The normalized spacial score (nSPS) is 32.3. The molecule has 0 aromatic heterocycles. The molecule has 2 amide bonds. The average molecular weight is 425 g/mol. The van der Waals surface area contributed by atoms with Crippen molar-refractivity contribution in [3.8, 4) is 0 Å². The first-order valence-corrected chi connectivity index (χ1v) is 12.3. The van der Waals surface area contributed by atoms with Gasteiger partial charge in [0, 0.05) is 37.2 Å². The van der Waals surface area contributed by atoms with Gasteiger partial charge in [0.15, 0.2) is 0 Å². The standard InChI is InChI=1S/C26H36N2O3/c1-2-31-23-7-9-28(10-8-23)24(29)22-5-3-18(4-6-22)17-27-25(30)26-14-19-11-20(15-26)13-21(12-19)16-26/h3-6,19-21,23H,2,7-17H2,1H3,(H,27,30). The molecule has 168 valence electrons. The first-order chi connectivity index (χ1) is 15.0. The molecule has 5 heteroatoms. The Labute approximate surface area is 185 Å². The summed E-state index contributed by atoms with van der Waals surface area (Å²) < 4.78 is 5.68. The Morgan fingerprint density at radius 1 is 1.00 bits per heavy atom. The van der Waals surface area contributed by atoms with E-state index in [4.69, 9.17) is 4.74 Å². The van der Waals surface area contributed by atoms with Crippen LogP contribution in [0.3, 0.4) is 0 Å². The number of carbonyl (C=O) groups excluding carboxylic acids is 2. The van der Waals surface area contributed by atoms with E-state index in [-0.39, 0.29) is 23.3 Å². The molecule has 1 N–H and O–H groups in total. The quantitative estimate of drug-likeness (QED) is 0.746. The fourth-order valence-corrected chi connectivity index (χ4v) is 7.17. The number of nitrogens with one attached hydrogen (secondary N) is 1. The van der Waals surface area contributed by atoms with Gasteiger partial charge in [-0.25, -0.2) is 0 Å². The summed E-state index contributed by atoms with van der Waals surface area (Å²) in [6, 6.07) is 7.78. The van der Waals surface area contributed by atoms with Crippen LogP contribution in [0.2, 0.25) is 0 Å².